The number of hydrogen-bond donors (Lipinski definition) is 2. The summed E-state index contributed by atoms with van der Waals surface area (Å²) in [6.07, 6.45) is 2.27. The fraction of sp³-hybridized carbons (Fsp3) is 0.500. The second-order valence-corrected chi connectivity index (χ2v) is 8.42. The molecule has 1 amide bonds. The van der Waals surface area contributed by atoms with Crippen LogP contribution in [0.4, 0.5) is 0 Å². The van der Waals surface area contributed by atoms with E-state index in [1.165, 1.54) is 0 Å². The molecule has 1 aromatic rings. The van der Waals surface area contributed by atoms with Crippen molar-refractivity contribution in [2.24, 2.45) is 10.2 Å². The molecule has 10 heteroatoms. The number of carboxylic acids is 1. The lowest BCUT2D eigenvalue weighted by Crippen LogP contribution is -2.44. The highest BCUT2D eigenvalue weighted by molar-refractivity contribution is 8.15. The summed E-state index contributed by atoms with van der Waals surface area (Å²) < 4.78 is 5.93. The van der Waals surface area contributed by atoms with Crippen LogP contribution in [-0.2, 0) is 9.59 Å². The van der Waals surface area contributed by atoms with Gasteiger partial charge in [-0.15, -0.1) is 5.10 Å². The van der Waals surface area contributed by atoms with Crippen molar-refractivity contribution in [3.8, 4) is 5.75 Å². The van der Waals surface area contributed by atoms with Gasteiger partial charge in [-0.05, 0) is 25.6 Å². The van der Waals surface area contributed by atoms with Gasteiger partial charge in [0.2, 0.25) is 5.91 Å². The molecule has 2 aliphatic heterocycles. The summed E-state index contributed by atoms with van der Waals surface area (Å²) in [4.78, 5) is 27.3. The average molecular weight is 434 g/mol. The number of carboxylic acid groups (broad SMARTS) is 1. The van der Waals surface area contributed by atoms with E-state index in [1.807, 2.05) is 24.3 Å². The number of ether oxygens (including phenoxy) is 1. The van der Waals surface area contributed by atoms with E-state index in [0.29, 0.717) is 11.8 Å². The van der Waals surface area contributed by atoms with Gasteiger partial charge in [-0.2, -0.15) is 5.10 Å². The van der Waals surface area contributed by atoms with Crippen molar-refractivity contribution < 1.29 is 19.4 Å². The predicted octanol–water partition coefficient (Wildman–Crippen LogP) is 1.10. The molecule has 0 spiro atoms. The Morgan fingerprint density at radius 1 is 1.33 bits per heavy atom. The van der Waals surface area contributed by atoms with E-state index in [-0.39, 0.29) is 12.3 Å². The molecular weight excluding hydrogens is 406 g/mol. The Labute approximate surface area is 180 Å². The fourth-order valence-corrected chi connectivity index (χ4v) is 4.06. The Kier molecular flexibility index (Phi) is 8.23. The fourth-order valence-electron chi connectivity index (χ4n) is 3.15. The van der Waals surface area contributed by atoms with E-state index >= 15 is 0 Å². The van der Waals surface area contributed by atoms with E-state index in [4.69, 9.17) is 9.84 Å². The highest BCUT2D eigenvalue weighted by atomic mass is 32.2. The standard InChI is InChI=1S/C20H27N5O4S/c1-24-8-10-25(11-9-24)7-4-12-29-16-6-3-2-5-15(16)14-21-23-20-22-19(28)17(30-20)13-18(26)27/h2-3,5-6,14,17H,4,7-13H2,1H3,(H,26,27)(H,22,23,28). The molecule has 3 rings (SSSR count). The first kappa shape index (κ1) is 22.3. The average Bonchev–Trinajstić information content (AvgIpc) is 3.06. The number of rotatable bonds is 9. The van der Waals surface area contributed by atoms with Crippen molar-refractivity contribution in [1.29, 1.82) is 0 Å². The zero-order valence-corrected chi connectivity index (χ0v) is 17.8. The Morgan fingerprint density at radius 2 is 2.10 bits per heavy atom. The number of carbonyl (C=O) groups excluding carboxylic acids is 1. The summed E-state index contributed by atoms with van der Waals surface area (Å²) in [5.74, 6) is -0.654. The third kappa shape index (κ3) is 6.82. The SMILES string of the molecule is CN1CCN(CCCOc2ccccc2C=NN=C2NC(=O)C(CC(=O)O)S2)CC1. The number of hydrogen-bond acceptors (Lipinski definition) is 8. The van der Waals surface area contributed by atoms with Crippen LogP contribution in [0.3, 0.4) is 0 Å². The summed E-state index contributed by atoms with van der Waals surface area (Å²) in [6, 6.07) is 7.57. The molecule has 1 unspecified atom stereocenters. The molecule has 1 aromatic carbocycles. The third-order valence-corrected chi connectivity index (χ3v) is 5.95. The second-order valence-electron chi connectivity index (χ2n) is 7.23. The molecule has 30 heavy (non-hydrogen) atoms. The normalized spacial score (nSPS) is 22.0. The minimum atomic E-state index is -1.02. The van der Waals surface area contributed by atoms with Crippen LogP contribution < -0.4 is 10.1 Å². The van der Waals surface area contributed by atoms with E-state index in [9.17, 15) is 9.59 Å². The van der Waals surface area contributed by atoms with Crippen LogP contribution in [-0.4, -0.2) is 89.8 Å². The summed E-state index contributed by atoms with van der Waals surface area (Å²) in [5.41, 5.74) is 0.790. The smallest absolute Gasteiger partial charge is 0.305 e. The summed E-state index contributed by atoms with van der Waals surface area (Å²) in [7, 11) is 2.15. The molecule has 2 fully saturated rings. The van der Waals surface area contributed by atoms with Crippen LogP contribution >= 0.6 is 11.8 Å². The number of amides is 1. The maximum absolute atomic E-state index is 11.7. The highest BCUT2D eigenvalue weighted by Crippen LogP contribution is 2.22. The lowest BCUT2D eigenvalue weighted by atomic mass is 10.2. The van der Waals surface area contributed by atoms with E-state index in [1.54, 1.807) is 6.21 Å². The quantitative estimate of drug-likeness (QED) is 0.341. The Balaban J connectivity index is 1.48. The van der Waals surface area contributed by atoms with Crippen LogP contribution in [0.2, 0.25) is 0 Å². The molecule has 9 nitrogen and oxygen atoms in total. The summed E-state index contributed by atoms with van der Waals surface area (Å²) >= 11 is 1.07. The number of nitrogens with one attached hydrogen (secondary N) is 1. The van der Waals surface area contributed by atoms with Crippen molar-refractivity contribution in [1.82, 2.24) is 15.1 Å². The Hall–Kier alpha value is -2.43. The second kappa shape index (κ2) is 11.1. The largest absolute Gasteiger partial charge is 0.493 e. The van der Waals surface area contributed by atoms with Gasteiger partial charge >= 0.3 is 5.97 Å². The van der Waals surface area contributed by atoms with Crippen LogP contribution in [0, 0.1) is 0 Å². The highest BCUT2D eigenvalue weighted by Gasteiger charge is 2.32. The molecular formula is C20H27N5O4S. The van der Waals surface area contributed by atoms with Gasteiger partial charge in [0, 0.05) is 38.3 Å². The zero-order valence-electron chi connectivity index (χ0n) is 17.0. The number of benzene rings is 1. The molecule has 2 heterocycles. The predicted molar refractivity (Wildman–Crippen MR) is 117 cm³/mol. The van der Waals surface area contributed by atoms with E-state index < -0.39 is 11.2 Å². The first-order valence-corrected chi connectivity index (χ1v) is 10.8. The van der Waals surface area contributed by atoms with Gasteiger partial charge in [0.25, 0.3) is 0 Å². The van der Waals surface area contributed by atoms with Crippen LogP contribution in [0.1, 0.15) is 18.4 Å². The van der Waals surface area contributed by atoms with Crippen molar-refractivity contribution in [3.63, 3.8) is 0 Å². The number of amidine groups is 1. The number of piperazine rings is 1. The third-order valence-electron chi connectivity index (χ3n) is 4.87. The molecule has 162 valence electrons. The number of thioether (sulfide) groups is 1. The number of carbonyl (C=O) groups is 2. The lowest BCUT2D eigenvalue weighted by molar-refractivity contribution is -0.138. The van der Waals surface area contributed by atoms with Gasteiger partial charge in [-0.25, -0.2) is 0 Å². The Bertz CT molecular complexity index is 808. The van der Waals surface area contributed by atoms with Crippen LogP contribution in [0.5, 0.6) is 5.75 Å². The van der Waals surface area contributed by atoms with Crippen molar-refractivity contribution >= 4 is 35.0 Å². The Morgan fingerprint density at radius 3 is 2.87 bits per heavy atom. The molecule has 0 aliphatic carbocycles. The molecule has 2 aliphatic rings. The molecule has 0 radical (unpaired) electrons. The van der Waals surface area contributed by atoms with Gasteiger partial charge in [0.1, 0.15) is 11.0 Å². The van der Waals surface area contributed by atoms with Crippen molar-refractivity contribution in [2.75, 3.05) is 46.4 Å². The molecule has 2 saturated heterocycles. The number of nitrogens with zero attached hydrogens (tertiary/aromatic N) is 4. The van der Waals surface area contributed by atoms with E-state index in [2.05, 4.69) is 32.4 Å². The van der Waals surface area contributed by atoms with Crippen molar-refractivity contribution in [2.45, 2.75) is 18.1 Å². The van der Waals surface area contributed by atoms with Crippen LogP contribution in [0.25, 0.3) is 0 Å². The molecule has 1 atom stereocenters. The molecule has 0 bridgehead atoms. The minimum Gasteiger partial charge on any atom is -0.493 e. The summed E-state index contributed by atoms with van der Waals surface area (Å²) in [6.45, 7) is 6.06. The maximum atomic E-state index is 11.7. The molecule has 0 aromatic heterocycles. The van der Waals surface area contributed by atoms with Crippen LogP contribution in [0.15, 0.2) is 34.5 Å². The first-order chi connectivity index (χ1) is 14.5. The monoisotopic (exact) mass is 433 g/mol. The lowest BCUT2D eigenvalue weighted by Gasteiger charge is -2.32. The van der Waals surface area contributed by atoms with Gasteiger partial charge in [0.15, 0.2) is 5.17 Å². The minimum absolute atomic E-state index is 0.246. The van der Waals surface area contributed by atoms with Gasteiger partial charge in [0.05, 0.1) is 19.2 Å². The molecule has 0 saturated carbocycles. The number of likely N-dealkylation sites (N-methyl/N-ethyl adjacent to an activating group) is 1. The first-order valence-electron chi connectivity index (χ1n) is 9.94. The van der Waals surface area contributed by atoms with Crippen molar-refractivity contribution in [3.05, 3.63) is 29.8 Å². The summed E-state index contributed by atoms with van der Waals surface area (Å²) in [5, 5.41) is 19.0. The van der Waals surface area contributed by atoms with E-state index in [0.717, 1.165) is 62.2 Å². The zero-order chi connectivity index (χ0) is 21.3. The van der Waals surface area contributed by atoms with Gasteiger partial charge in [-0.3, -0.25) is 9.59 Å². The topological polar surface area (TPSA) is 107 Å². The van der Waals surface area contributed by atoms with Gasteiger partial charge < -0.3 is 25.0 Å². The number of para-hydroxylation sites is 1. The van der Waals surface area contributed by atoms with Gasteiger partial charge in [-0.1, -0.05) is 23.9 Å². The maximum Gasteiger partial charge on any atom is 0.305 e. The molecule has 2 N–H and O–H groups in total. The number of aliphatic carboxylic acids is 1.